The average molecular weight is 248 g/mol. The van der Waals surface area contributed by atoms with E-state index in [0.717, 1.165) is 5.56 Å². The quantitative estimate of drug-likeness (QED) is 0.852. The summed E-state index contributed by atoms with van der Waals surface area (Å²) in [6, 6.07) is 6.68. The Labute approximate surface area is 108 Å². The highest BCUT2D eigenvalue weighted by atomic mass is 16.2. The Morgan fingerprint density at radius 2 is 1.67 bits per heavy atom. The minimum atomic E-state index is -0.667. The van der Waals surface area contributed by atoms with Gasteiger partial charge in [-0.2, -0.15) is 0 Å². The summed E-state index contributed by atoms with van der Waals surface area (Å²) in [6.45, 7) is 7.88. The van der Waals surface area contributed by atoms with Crippen LogP contribution in [-0.2, 0) is 10.2 Å². The Morgan fingerprint density at radius 3 is 2.06 bits per heavy atom. The van der Waals surface area contributed by atoms with Crippen molar-refractivity contribution in [3.63, 3.8) is 0 Å². The maximum absolute atomic E-state index is 11.8. The van der Waals surface area contributed by atoms with Crippen LogP contribution < -0.4 is 11.1 Å². The zero-order valence-electron chi connectivity index (χ0n) is 11.3. The van der Waals surface area contributed by atoms with Gasteiger partial charge < -0.3 is 11.1 Å². The Hall–Kier alpha value is -1.84. The highest BCUT2D eigenvalue weighted by Crippen LogP contribution is 2.22. The van der Waals surface area contributed by atoms with Gasteiger partial charge in [-0.3, -0.25) is 9.59 Å². The maximum atomic E-state index is 11.8. The summed E-state index contributed by atoms with van der Waals surface area (Å²) in [7, 11) is 0. The second-order valence-corrected chi connectivity index (χ2v) is 5.42. The molecule has 1 aromatic carbocycles. The predicted octanol–water partition coefficient (Wildman–Crippen LogP) is 1.59. The fraction of sp³-hybridized carbons (Fsp3) is 0.429. The average Bonchev–Trinajstić information content (AvgIpc) is 2.27. The van der Waals surface area contributed by atoms with E-state index in [1.807, 2.05) is 12.1 Å². The van der Waals surface area contributed by atoms with Gasteiger partial charge in [-0.1, -0.05) is 32.9 Å². The standard InChI is InChI=1S/C14H20N2O2/c1-9(12(15)17)16-13(18)10-5-7-11(8-6-10)14(2,3)4/h5-9H,1-4H3,(H2,15,17)(H,16,18)/t9-/m0/s1. The topological polar surface area (TPSA) is 72.2 Å². The number of rotatable bonds is 3. The first-order valence-corrected chi connectivity index (χ1v) is 5.92. The third-order valence-electron chi connectivity index (χ3n) is 2.79. The van der Waals surface area contributed by atoms with Gasteiger partial charge in [0.2, 0.25) is 5.91 Å². The van der Waals surface area contributed by atoms with E-state index >= 15 is 0 Å². The van der Waals surface area contributed by atoms with Crippen LogP contribution in [0, 0.1) is 0 Å². The fourth-order valence-electron chi connectivity index (χ4n) is 1.47. The number of benzene rings is 1. The highest BCUT2D eigenvalue weighted by Gasteiger charge is 2.16. The molecule has 0 radical (unpaired) electrons. The van der Waals surface area contributed by atoms with Gasteiger partial charge in [-0.15, -0.1) is 0 Å². The van der Waals surface area contributed by atoms with Crippen LogP contribution in [0.4, 0.5) is 0 Å². The van der Waals surface area contributed by atoms with Crippen molar-refractivity contribution in [3.8, 4) is 0 Å². The molecule has 0 bridgehead atoms. The largest absolute Gasteiger partial charge is 0.368 e. The first-order chi connectivity index (χ1) is 8.21. The molecule has 4 nitrogen and oxygen atoms in total. The summed E-state index contributed by atoms with van der Waals surface area (Å²) in [5, 5.41) is 2.54. The predicted molar refractivity (Wildman–Crippen MR) is 71.3 cm³/mol. The number of carbonyl (C=O) groups is 2. The van der Waals surface area contributed by atoms with Crippen molar-refractivity contribution in [2.75, 3.05) is 0 Å². The van der Waals surface area contributed by atoms with Crippen LogP contribution in [0.5, 0.6) is 0 Å². The van der Waals surface area contributed by atoms with Crippen LogP contribution >= 0.6 is 0 Å². The summed E-state index contributed by atoms with van der Waals surface area (Å²) < 4.78 is 0. The second kappa shape index (κ2) is 5.21. The van der Waals surface area contributed by atoms with Crippen molar-refractivity contribution >= 4 is 11.8 Å². The van der Waals surface area contributed by atoms with Crippen LogP contribution in [0.15, 0.2) is 24.3 Å². The second-order valence-electron chi connectivity index (χ2n) is 5.42. The molecule has 3 N–H and O–H groups in total. The van der Waals surface area contributed by atoms with Gasteiger partial charge >= 0.3 is 0 Å². The van der Waals surface area contributed by atoms with Crippen LogP contribution in [0.1, 0.15) is 43.6 Å². The fourth-order valence-corrected chi connectivity index (χ4v) is 1.47. The number of nitrogens with two attached hydrogens (primary N) is 1. The SMILES string of the molecule is C[C@H](NC(=O)c1ccc(C(C)(C)C)cc1)C(N)=O. The summed E-state index contributed by atoms with van der Waals surface area (Å²) in [5.74, 6) is -0.837. The van der Waals surface area contributed by atoms with Gasteiger partial charge in [0.1, 0.15) is 6.04 Å². The minimum absolute atomic E-state index is 0.0511. The van der Waals surface area contributed by atoms with E-state index < -0.39 is 11.9 Å². The molecule has 0 unspecified atom stereocenters. The molecule has 4 heteroatoms. The third kappa shape index (κ3) is 3.58. The number of carbonyl (C=O) groups excluding carboxylic acids is 2. The molecule has 18 heavy (non-hydrogen) atoms. The lowest BCUT2D eigenvalue weighted by Gasteiger charge is -2.19. The number of amides is 2. The zero-order chi connectivity index (χ0) is 13.9. The van der Waals surface area contributed by atoms with Gasteiger partial charge in [-0.05, 0) is 30.0 Å². The molecule has 1 rings (SSSR count). The summed E-state index contributed by atoms with van der Waals surface area (Å²) in [6.07, 6.45) is 0. The number of hydrogen-bond acceptors (Lipinski definition) is 2. The van der Waals surface area contributed by atoms with Crippen molar-refractivity contribution in [1.29, 1.82) is 0 Å². The molecule has 0 aromatic heterocycles. The Balaban J connectivity index is 2.80. The molecule has 1 aromatic rings. The van der Waals surface area contributed by atoms with Gasteiger partial charge in [0, 0.05) is 5.56 Å². The highest BCUT2D eigenvalue weighted by molar-refractivity contribution is 5.97. The lowest BCUT2D eigenvalue weighted by Crippen LogP contribution is -2.42. The smallest absolute Gasteiger partial charge is 0.251 e. The Bertz CT molecular complexity index is 444. The van der Waals surface area contributed by atoms with Crippen molar-refractivity contribution in [2.45, 2.75) is 39.2 Å². The minimum Gasteiger partial charge on any atom is -0.368 e. The third-order valence-corrected chi connectivity index (χ3v) is 2.79. The first-order valence-electron chi connectivity index (χ1n) is 5.92. The van der Waals surface area contributed by atoms with E-state index in [2.05, 4.69) is 26.1 Å². The van der Waals surface area contributed by atoms with E-state index in [0.29, 0.717) is 5.56 Å². The number of hydrogen-bond donors (Lipinski definition) is 2. The van der Waals surface area contributed by atoms with Crippen LogP contribution in [-0.4, -0.2) is 17.9 Å². The van der Waals surface area contributed by atoms with Gasteiger partial charge in [0.15, 0.2) is 0 Å². The van der Waals surface area contributed by atoms with Crippen molar-refractivity contribution in [2.24, 2.45) is 5.73 Å². The lowest BCUT2D eigenvalue weighted by molar-refractivity contribution is -0.119. The van der Waals surface area contributed by atoms with E-state index in [1.54, 1.807) is 19.1 Å². The van der Waals surface area contributed by atoms with Crippen molar-refractivity contribution < 1.29 is 9.59 Å². The molecular formula is C14H20N2O2. The van der Waals surface area contributed by atoms with Crippen molar-refractivity contribution in [1.82, 2.24) is 5.32 Å². The molecular weight excluding hydrogens is 228 g/mol. The molecule has 0 saturated carbocycles. The number of primary amides is 1. The van der Waals surface area contributed by atoms with Gasteiger partial charge in [0.05, 0.1) is 0 Å². The summed E-state index contributed by atoms with van der Waals surface area (Å²) >= 11 is 0. The number of nitrogens with one attached hydrogen (secondary N) is 1. The maximum Gasteiger partial charge on any atom is 0.251 e. The lowest BCUT2D eigenvalue weighted by atomic mass is 9.86. The van der Waals surface area contributed by atoms with Crippen LogP contribution in [0.2, 0.25) is 0 Å². The Morgan fingerprint density at radius 1 is 1.17 bits per heavy atom. The van der Waals surface area contributed by atoms with E-state index in [4.69, 9.17) is 5.73 Å². The normalized spacial score (nSPS) is 12.9. The molecule has 0 heterocycles. The molecule has 98 valence electrons. The molecule has 0 saturated heterocycles. The van der Waals surface area contributed by atoms with E-state index in [-0.39, 0.29) is 11.3 Å². The van der Waals surface area contributed by atoms with Crippen molar-refractivity contribution in [3.05, 3.63) is 35.4 Å². The van der Waals surface area contributed by atoms with E-state index in [1.165, 1.54) is 0 Å². The van der Waals surface area contributed by atoms with Crippen LogP contribution in [0.25, 0.3) is 0 Å². The molecule has 0 aliphatic heterocycles. The van der Waals surface area contributed by atoms with E-state index in [9.17, 15) is 9.59 Å². The molecule has 0 aliphatic carbocycles. The van der Waals surface area contributed by atoms with Gasteiger partial charge in [-0.25, -0.2) is 0 Å². The monoisotopic (exact) mass is 248 g/mol. The van der Waals surface area contributed by atoms with Gasteiger partial charge in [0.25, 0.3) is 5.91 Å². The summed E-state index contributed by atoms with van der Waals surface area (Å²) in [5.41, 5.74) is 6.82. The molecule has 1 atom stereocenters. The molecule has 2 amide bonds. The summed E-state index contributed by atoms with van der Waals surface area (Å²) in [4.78, 5) is 22.7. The van der Waals surface area contributed by atoms with Crippen LogP contribution in [0.3, 0.4) is 0 Å². The zero-order valence-corrected chi connectivity index (χ0v) is 11.3. The first kappa shape index (κ1) is 14.2. The molecule has 0 fully saturated rings. The Kier molecular flexibility index (Phi) is 4.11. The molecule has 0 aliphatic rings. The molecule has 0 spiro atoms.